The molecule has 27 heavy (non-hydrogen) atoms. The highest BCUT2D eigenvalue weighted by Crippen LogP contribution is 2.26. The molecule has 1 saturated carbocycles. The van der Waals surface area contributed by atoms with Gasteiger partial charge in [-0.05, 0) is 43.5 Å². The molecule has 1 aromatic rings. The molecule has 4 N–H and O–H groups in total. The second kappa shape index (κ2) is 8.45. The Bertz CT molecular complexity index is 738. The predicted molar refractivity (Wildman–Crippen MR) is 96.5 cm³/mol. The van der Waals surface area contributed by atoms with Gasteiger partial charge in [-0.2, -0.15) is 0 Å². The molecule has 0 bridgehead atoms. The van der Waals surface area contributed by atoms with E-state index in [1.807, 2.05) is 0 Å². The standard InChI is InChI=1S/C18H23FN4O4/c19-13-8-12(4-5-14(13)23-6-7-27-10-15(23)24)22-18(26)16(17(20)25)21-9-11-2-1-3-11/h4-5,8,11,16,21H,1-3,6-7,9-10H2,(H2,20,25)(H,22,26)/t16-/m1/s1. The summed E-state index contributed by atoms with van der Waals surface area (Å²) in [6.45, 7) is 1.03. The number of carbonyl (C=O) groups is 3. The molecule has 1 aliphatic carbocycles. The van der Waals surface area contributed by atoms with Crippen molar-refractivity contribution < 1.29 is 23.5 Å². The Balaban J connectivity index is 1.64. The number of rotatable bonds is 7. The minimum Gasteiger partial charge on any atom is -0.370 e. The molecule has 2 aliphatic rings. The number of primary amides is 1. The van der Waals surface area contributed by atoms with Gasteiger partial charge in [-0.3, -0.25) is 19.7 Å². The van der Waals surface area contributed by atoms with Gasteiger partial charge in [0.25, 0.3) is 11.8 Å². The van der Waals surface area contributed by atoms with Crippen LogP contribution in [0.1, 0.15) is 19.3 Å². The number of nitrogens with two attached hydrogens (primary N) is 1. The molecule has 1 atom stereocenters. The molecule has 1 saturated heterocycles. The number of hydrogen-bond acceptors (Lipinski definition) is 5. The zero-order valence-corrected chi connectivity index (χ0v) is 14.9. The maximum Gasteiger partial charge on any atom is 0.253 e. The number of halogens is 1. The average molecular weight is 378 g/mol. The summed E-state index contributed by atoms with van der Waals surface area (Å²) in [4.78, 5) is 37.1. The molecule has 1 aliphatic heterocycles. The summed E-state index contributed by atoms with van der Waals surface area (Å²) in [6, 6.07) is 2.81. The fourth-order valence-electron chi connectivity index (χ4n) is 3.09. The van der Waals surface area contributed by atoms with Crippen LogP contribution in [0.3, 0.4) is 0 Å². The summed E-state index contributed by atoms with van der Waals surface area (Å²) in [5, 5.41) is 5.37. The molecule has 0 spiro atoms. The van der Waals surface area contributed by atoms with Crippen molar-refractivity contribution in [2.45, 2.75) is 25.3 Å². The molecule has 9 heteroatoms. The van der Waals surface area contributed by atoms with Gasteiger partial charge in [0.15, 0.2) is 6.04 Å². The Morgan fingerprint density at radius 1 is 1.37 bits per heavy atom. The molecule has 3 rings (SSSR count). The lowest BCUT2D eigenvalue weighted by molar-refractivity contribution is -0.128. The molecule has 1 heterocycles. The van der Waals surface area contributed by atoms with E-state index in [1.165, 1.54) is 17.0 Å². The van der Waals surface area contributed by atoms with E-state index in [9.17, 15) is 18.8 Å². The van der Waals surface area contributed by atoms with Crippen molar-refractivity contribution in [2.75, 3.05) is 36.5 Å². The number of ether oxygens (including phenoxy) is 1. The van der Waals surface area contributed by atoms with Crippen molar-refractivity contribution in [1.29, 1.82) is 0 Å². The van der Waals surface area contributed by atoms with Crippen LogP contribution < -0.4 is 21.3 Å². The van der Waals surface area contributed by atoms with Crippen LogP contribution in [0.2, 0.25) is 0 Å². The van der Waals surface area contributed by atoms with E-state index in [2.05, 4.69) is 10.6 Å². The highest BCUT2D eigenvalue weighted by atomic mass is 19.1. The van der Waals surface area contributed by atoms with Gasteiger partial charge in [-0.15, -0.1) is 0 Å². The SMILES string of the molecule is NC(=O)[C@@H](NCC1CCC1)C(=O)Nc1ccc(N2CCOCC2=O)c(F)c1. The normalized spacial score (nSPS) is 18.7. The van der Waals surface area contributed by atoms with Gasteiger partial charge in [0, 0.05) is 12.2 Å². The second-order valence-electron chi connectivity index (χ2n) is 6.79. The van der Waals surface area contributed by atoms with Gasteiger partial charge in [-0.25, -0.2) is 4.39 Å². The summed E-state index contributed by atoms with van der Waals surface area (Å²) in [6.07, 6.45) is 3.27. The number of morpholine rings is 1. The Kier molecular flexibility index (Phi) is 6.02. The Morgan fingerprint density at radius 2 is 2.15 bits per heavy atom. The van der Waals surface area contributed by atoms with Crippen molar-refractivity contribution >= 4 is 29.1 Å². The number of carbonyl (C=O) groups excluding carboxylic acids is 3. The average Bonchev–Trinajstić information content (AvgIpc) is 2.57. The maximum atomic E-state index is 14.4. The van der Waals surface area contributed by atoms with Crippen molar-refractivity contribution in [3.8, 4) is 0 Å². The van der Waals surface area contributed by atoms with E-state index < -0.39 is 23.7 Å². The van der Waals surface area contributed by atoms with Crippen LogP contribution >= 0.6 is 0 Å². The van der Waals surface area contributed by atoms with Gasteiger partial charge in [0.2, 0.25) is 5.91 Å². The van der Waals surface area contributed by atoms with Gasteiger partial charge >= 0.3 is 0 Å². The lowest BCUT2D eigenvalue weighted by Crippen LogP contribution is -2.51. The molecule has 0 unspecified atom stereocenters. The van der Waals surface area contributed by atoms with Gasteiger partial charge in [0.1, 0.15) is 12.4 Å². The van der Waals surface area contributed by atoms with E-state index in [0.29, 0.717) is 19.1 Å². The van der Waals surface area contributed by atoms with Crippen molar-refractivity contribution in [1.82, 2.24) is 5.32 Å². The number of nitrogens with zero attached hydrogens (tertiary/aromatic N) is 1. The first-order chi connectivity index (χ1) is 13.0. The summed E-state index contributed by atoms with van der Waals surface area (Å²) in [7, 11) is 0. The first kappa shape index (κ1) is 19.2. The fraction of sp³-hybridized carbons (Fsp3) is 0.500. The zero-order chi connectivity index (χ0) is 19.4. The maximum absolute atomic E-state index is 14.4. The monoisotopic (exact) mass is 378 g/mol. The minimum absolute atomic E-state index is 0.0924. The van der Waals surface area contributed by atoms with Crippen LogP contribution in [0.4, 0.5) is 15.8 Å². The first-order valence-corrected chi connectivity index (χ1v) is 8.97. The molecule has 8 nitrogen and oxygen atoms in total. The molecule has 2 fully saturated rings. The number of amides is 3. The van der Waals surface area contributed by atoms with Crippen LogP contribution in [0.5, 0.6) is 0 Å². The van der Waals surface area contributed by atoms with E-state index >= 15 is 0 Å². The van der Waals surface area contributed by atoms with E-state index in [0.717, 1.165) is 25.3 Å². The zero-order valence-electron chi connectivity index (χ0n) is 14.9. The minimum atomic E-state index is -1.19. The summed E-state index contributed by atoms with van der Waals surface area (Å²) < 4.78 is 19.5. The summed E-state index contributed by atoms with van der Waals surface area (Å²) in [5.74, 6) is -1.96. The third-order valence-electron chi connectivity index (χ3n) is 4.87. The van der Waals surface area contributed by atoms with E-state index in [4.69, 9.17) is 10.5 Å². The Labute approximate surface area is 156 Å². The van der Waals surface area contributed by atoms with Crippen molar-refractivity contribution in [2.24, 2.45) is 11.7 Å². The van der Waals surface area contributed by atoms with Gasteiger partial charge < -0.3 is 20.7 Å². The van der Waals surface area contributed by atoms with Crippen molar-refractivity contribution in [3.63, 3.8) is 0 Å². The number of hydrogen-bond donors (Lipinski definition) is 3. The quantitative estimate of drug-likeness (QED) is 0.593. The molecular formula is C18H23FN4O4. The lowest BCUT2D eigenvalue weighted by atomic mass is 9.85. The van der Waals surface area contributed by atoms with Gasteiger partial charge in [-0.1, -0.05) is 6.42 Å². The van der Waals surface area contributed by atoms with E-state index in [-0.39, 0.29) is 30.4 Å². The fourth-order valence-corrected chi connectivity index (χ4v) is 3.09. The summed E-state index contributed by atoms with van der Waals surface area (Å²) in [5.41, 5.74) is 5.61. The largest absolute Gasteiger partial charge is 0.370 e. The van der Waals surface area contributed by atoms with Crippen molar-refractivity contribution in [3.05, 3.63) is 24.0 Å². The van der Waals surface area contributed by atoms with Crippen LogP contribution in [0.25, 0.3) is 0 Å². The molecule has 3 amide bonds. The first-order valence-electron chi connectivity index (χ1n) is 8.97. The van der Waals surface area contributed by atoms with Gasteiger partial charge in [0.05, 0.1) is 12.3 Å². The van der Waals surface area contributed by atoms with Crippen LogP contribution in [-0.4, -0.2) is 50.1 Å². The molecule has 0 aromatic heterocycles. The van der Waals surface area contributed by atoms with E-state index in [1.54, 1.807) is 0 Å². The highest BCUT2D eigenvalue weighted by molar-refractivity contribution is 6.09. The van der Waals surface area contributed by atoms with Crippen LogP contribution in [0, 0.1) is 11.7 Å². The molecule has 0 radical (unpaired) electrons. The third-order valence-corrected chi connectivity index (χ3v) is 4.87. The topological polar surface area (TPSA) is 114 Å². The molecular weight excluding hydrogens is 355 g/mol. The summed E-state index contributed by atoms with van der Waals surface area (Å²) >= 11 is 0. The highest BCUT2D eigenvalue weighted by Gasteiger charge is 2.27. The van der Waals surface area contributed by atoms with Crippen LogP contribution in [0.15, 0.2) is 18.2 Å². The second-order valence-corrected chi connectivity index (χ2v) is 6.79. The van der Waals surface area contributed by atoms with Crippen LogP contribution in [-0.2, 0) is 19.1 Å². The molecule has 146 valence electrons. The smallest absolute Gasteiger partial charge is 0.253 e. The Morgan fingerprint density at radius 3 is 2.74 bits per heavy atom. The number of anilines is 2. The number of nitrogens with one attached hydrogen (secondary N) is 2. The third kappa shape index (κ3) is 4.61. The lowest BCUT2D eigenvalue weighted by Gasteiger charge is -2.28. The predicted octanol–water partition coefficient (Wildman–Crippen LogP) is 0.371. The number of benzene rings is 1. The molecule has 1 aromatic carbocycles. The Hall–Kier alpha value is -2.52.